The molecule has 3 nitrogen and oxygen atoms in total. The number of carbonyl (C=O) groups is 1. The molecule has 0 aromatic rings. The fraction of sp³-hybridized carbons (Fsp3) is 0.923. The second kappa shape index (κ2) is 5.19. The number of ether oxygens (including phenoxy) is 1. The smallest absolute Gasteiger partial charge is 0.327 e. The maximum absolute atomic E-state index is 12.2. The van der Waals surface area contributed by atoms with Gasteiger partial charge in [-0.05, 0) is 36.9 Å². The quantitative estimate of drug-likeness (QED) is 0.710. The molecule has 0 heterocycles. The molecule has 17 heavy (non-hydrogen) atoms. The van der Waals surface area contributed by atoms with Crippen molar-refractivity contribution in [1.82, 2.24) is 5.32 Å². The first-order valence-corrected chi connectivity index (χ1v) is 7.61. The SMILES string of the molecule is COC(=O)C(CSC(C)C)(NC1CC1)C1CC1. The molecule has 0 aromatic heterocycles. The summed E-state index contributed by atoms with van der Waals surface area (Å²) < 4.78 is 5.06. The van der Waals surface area contributed by atoms with Gasteiger partial charge in [-0.25, -0.2) is 0 Å². The summed E-state index contributed by atoms with van der Waals surface area (Å²) in [6.45, 7) is 4.35. The Bertz CT molecular complexity index is 287. The number of carbonyl (C=O) groups excluding carboxylic acids is 1. The fourth-order valence-corrected chi connectivity index (χ4v) is 3.24. The van der Waals surface area contributed by atoms with Gasteiger partial charge in [0, 0.05) is 11.8 Å². The largest absolute Gasteiger partial charge is 0.468 e. The number of methoxy groups -OCH3 is 1. The van der Waals surface area contributed by atoms with E-state index >= 15 is 0 Å². The Balaban J connectivity index is 2.07. The van der Waals surface area contributed by atoms with Crippen molar-refractivity contribution in [3.05, 3.63) is 0 Å². The van der Waals surface area contributed by atoms with Gasteiger partial charge in [0.2, 0.25) is 0 Å². The highest BCUT2D eigenvalue weighted by Gasteiger charge is 2.53. The first-order valence-electron chi connectivity index (χ1n) is 6.56. The Morgan fingerprint density at radius 3 is 2.47 bits per heavy atom. The molecular formula is C13H23NO2S. The van der Waals surface area contributed by atoms with Crippen molar-refractivity contribution in [3.8, 4) is 0 Å². The van der Waals surface area contributed by atoms with E-state index in [1.807, 2.05) is 11.8 Å². The Labute approximate surface area is 108 Å². The molecule has 2 saturated carbocycles. The van der Waals surface area contributed by atoms with Crippen LogP contribution in [0.25, 0.3) is 0 Å². The molecule has 1 atom stereocenters. The summed E-state index contributed by atoms with van der Waals surface area (Å²) in [5.41, 5.74) is -0.412. The zero-order valence-electron chi connectivity index (χ0n) is 11.0. The van der Waals surface area contributed by atoms with Crippen molar-refractivity contribution < 1.29 is 9.53 Å². The Morgan fingerprint density at radius 2 is 2.06 bits per heavy atom. The molecule has 2 rings (SSSR count). The number of hydrogen-bond acceptors (Lipinski definition) is 4. The van der Waals surface area contributed by atoms with Crippen molar-refractivity contribution in [2.24, 2.45) is 5.92 Å². The van der Waals surface area contributed by atoms with E-state index in [2.05, 4.69) is 19.2 Å². The van der Waals surface area contributed by atoms with E-state index in [-0.39, 0.29) is 5.97 Å². The third-order valence-corrected chi connectivity index (χ3v) is 4.80. The first kappa shape index (κ1) is 13.2. The molecule has 98 valence electrons. The maximum atomic E-state index is 12.2. The standard InChI is InChI=1S/C13H23NO2S/c1-9(2)17-8-13(10-4-5-10,12(15)16-3)14-11-6-7-11/h9-11,14H,4-8H2,1-3H3. The second-order valence-electron chi connectivity index (χ2n) is 5.52. The Hall–Kier alpha value is -0.220. The molecule has 0 aromatic carbocycles. The lowest BCUT2D eigenvalue weighted by Gasteiger charge is -2.33. The van der Waals surface area contributed by atoms with Gasteiger partial charge < -0.3 is 4.74 Å². The van der Waals surface area contributed by atoms with Crippen LogP contribution in [0.15, 0.2) is 0 Å². The van der Waals surface area contributed by atoms with Crippen LogP contribution in [0.5, 0.6) is 0 Å². The zero-order valence-corrected chi connectivity index (χ0v) is 11.8. The van der Waals surface area contributed by atoms with Crippen molar-refractivity contribution in [1.29, 1.82) is 0 Å². The highest BCUT2D eigenvalue weighted by Crippen LogP contribution is 2.44. The van der Waals surface area contributed by atoms with Crippen LogP contribution in [0, 0.1) is 5.92 Å². The van der Waals surface area contributed by atoms with Gasteiger partial charge in [0.15, 0.2) is 0 Å². The fourth-order valence-electron chi connectivity index (χ4n) is 2.21. The van der Waals surface area contributed by atoms with Gasteiger partial charge in [-0.2, -0.15) is 11.8 Å². The van der Waals surface area contributed by atoms with Gasteiger partial charge in [0.1, 0.15) is 5.54 Å². The summed E-state index contributed by atoms with van der Waals surface area (Å²) in [4.78, 5) is 12.2. The van der Waals surface area contributed by atoms with E-state index in [9.17, 15) is 4.79 Å². The number of nitrogens with one attached hydrogen (secondary N) is 1. The lowest BCUT2D eigenvalue weighted by molar-refractivity contribution is -0.148. The van der Waals surface area contributed by atoms with E-state index in [0.29, 0.717) is 17.2 Å². The molecule has 2 aliphatic carbocycles. The highest BCUT2D eigenvalue weighted by molar-refractivity contribution is 7.99. The van der Waals surface area contributed by atoms with Crippen molar-refractivity contribution in [2.45, 2.75) is 56.4 Å². The van der Waals surface area contributed by atoms with E-state index in [1.165, 1.54) is 20.0 Å². The van der Waals surface area contributed by atoms with Crippen LogP contribution in [0.1, 0.15) is 39.5 Å². The maximum Gasteiger partial charge on any atom is 0.327 e. The predicted octanol–water partition coefficient (Wildman–Crippen LogP) is 2.20. The predicted molar refractivity (Wildman–Crippen MR) is 71.2 cm³/mol. The van der Waals surface area contributed by atoms with Crippen LogP contribution in [-0.4, -0.2) is 35.7 Å². The summed E-state index contributed by atoms with van der Waals surface area (Å²) >= 11 is 1.86. The first-order chi connectivity index (χ1) is 8.08. The summed E-state index contributed by atoms with van der Waals surface area (Å²) in [7, 11) is 1.51. The lowest BCUT2D eigenvalue weighted by atomic mass is 9.95. The van der Waals surface area contributed by atoms with Crippen LogP contribution in [-0.2, 0) is 9.53 Å². The highest BCUT2D eigenvalue weighted by atomic mass is 32.2. The van der Waals surface area contributed by atoms with E-state index < -0.39 is 5.54 Å². The minimum atomic E-state index is -0.412. The van der Waals surface area contributed by atoms with Gasteiger partial charge >= 0.3 is 5.97 Å². The second-order valence-corrected chi connectivity index (χ2v) is 7.08. The van der Waals surface area contributed by atoms with Gasteiger partial charge in [-0.1, -0.05) is 13.8 Å². The number of rotatable bonds is 7. The minimum Gasteiger partial charge on any atom is -0.468 e. The summed E-state index contributed by atoms with van der Waals surface area (Å²) in [5.74, 6) is 1.28. The van der Waals surface area contributed by atoms with Crippen LogP contribution in [0.2, 0.25) is 0 Å². The number of hydrogen-bond donors (Lipinski definition) is 1. The topological polar surface area (TPSA) is 38.3 Å². The molecule has 0 radical (unpaired) electrons. The summed E-state index contributed by atoms with van der Waals surface area (Å²) in [6.07, 6.45) is 4.73. The normalized spacial score (nSPS) is 23.5. The third kappa shape index (κ3) is 3.16. The monoisotopic (exact) mass is 257 g/mol. The Morgan fingerprint density at radius 1 is 1.41 bits per heavy atom. The summed E-state index contributed by atoms with van der Waals surface area (Å²) in [6, 6.07) is 0.544. The molecule has 2 fully saturated rings. The molecule has 2 aliphatic rings. The minimum absolute atomic E-state index is 0.0555. The van der Waals surface area contributed by atoms with Crippen LogP contribution >= 0.6 is 11.8 Å². The molecule has 4 heteroatoms. The van der Waals surface area contributed by atoms with E-state index in [4.69, 9.17) is 4.74 Å². The van der Waals surface area contributed by atoms with Crippen LogP contribution < -0.4 is 5.32 Å². The van der Waals surface area contributed by atoms with E-state index in [1.54, 1.807) is 0 Å². The average molecular weight is 257 g/mol. The number of thioether (sulfide) groups is 1. The zero-order chi connectivity index (χ0) is 12.5. The summed E-state index contributed by atoms with van der Waals surface area (Å²) in [5, 5.41) is 4.13. The molecule has 0 bridgehead atoms. The van der Waals surface area contributed by atoms with Gasteiger partial charge in [-0.15, -0.1) is 0 Å². The molecule has 1 N–H and O–H groups in total. The van der Waals surface area contributed by atoms with Gasteiger partial charge in [0.25, 0.3) is 0 Å². The molecule has 0 saturated heterocycles. The van der Waals surface area contributed by atoms with Gasteiger partial charge in [-0.3, -0.25) is 10.1 Å². The van der Waals surface area contributed by atoms with Crippen molar-refractivity contribution >= 4 is 17.7 Å². The van der Waals surface area contributed by atoms with Crippen LogP contribution in [0.4, 0.5) is 0 Å². The van der Waals surface area contributed by atoms with Gasteiger partial charge in [0.05, 0.1) is 7.11 Å². The molecule has 1 unspecified atom stereocenters. The molecule has 0 amide bonds. The number of esters is 1. The lowest BCUT2D eigenvalue weighted by Crippen LogP contribution is -2.57. The van der Waals surface area contributed by atoms with E-state index in [0.717, 1.165) is 18.6 Å². The van der Waals surface area contributed by atoms with Crippen molar-refractivity contribution in [3.63, 3.8) is 0 Å². The molecule has 0 spiro atoms. The van der Waals surface area contributed by atoms with Crippen LogP contribution in [0.3, 0.4) is 0 Å². The average Bonchev–Trinajstić information content (AvgIpc) is 3.14. The molecular weight excluding hydrogens is 234 g/mol. The molecule has 0 aliphatic heterocycles. The third-order valence-electron chi connectivity index (χ3n) is 3.51. The van der Waals surface area contributed by atoms with Crippen molar-refractivity contribution in [2.75, 3.05) is 12.9 Å². The Kier molecular flexibility index (Phi) is 4.03.